The second-order valence-corrected chi connectivity index (χ2v) is 9.60. The molecule has 4 rings (SSSR count). The van der Waals surface area contributed by atoms with Gasteiger partial charge in [-0.15, -0.1) is 11.8 Å². The van der Waals surface area contributed by atoms with Crippen molar-refractivity contribution in [2.45, 2.75) is 38.5 Å². The van der Waals surface area contributed by atoms with Gasteiger partial charge >= 0.3 is 0 Å². The number of methoxy groups -OCH3 is 1. The van der Waals surface area contributed by atoms with Gasteiger partial charge in [-0.3, -0.25) is 4.79 Å². The average Bonchev–Trinajstić information content (AvgIpc) is 3.07. The Morgan fingerprint density at radius 3 is 2.57 bits per heavy atom. The van der Waals surface area contributed by atoms with Gasteiger partial charge in [0.25, 0.3) is 0 Å². The van der Waals surface area contributed by atoms with Crippen LogP contribution in [0.2, 0.25) is 0 Å². The van der Waals surface area contributed by atoms with Gasteiger partial charge in [0.2, 0.25) is 0 Å². The van der Waals surface area contributed by atoms with Crippen molar-refractivity contribution in [3.63, 3.8) is 0 Å². The van der Waals surface area contributed by atoms with E-state index in [2.05, 4.69) is 30.2 Å². The van der Waals surface area contributed by atoms with Crippen LogP contribution in [-0.4, -0.2) is 40.1 Å². The van der Waals surface area contributed by atoms with E-state index in [1.54, 1.807) is 20.1 Å². The molecule has 5 nitrogen and oxygen atoms in total. The summed E-state index contributed by atoms with van der Waals surface area (Å²) in [4.78, 5) is 17.3. The van der Waals surface area contributed by atoms with Gasteiger partial charge in [-0.1, -0.05) is 30.3 Å². The summed E-state index contributed by atoms with van der Waals surface area (Å²) in [6, 6.07) is 13.4. The highest BCUT2D eigenvalue weighted by molar-refractivity contribution is 8.14. The average molecular weight is 423 g/mol. The molecule has 2 aliphatic heterocycles. The number of carbonyl (C=O) groups is 1. The Morgan fingerprint density at radius 1 is 1.20 bits per heavy atom. The maximum absolute atomic E-state index is 13.0. The number of rotatable bonds is 4. The van der Waals surface area contributed by atoms with Gasteiger partial charge in [-0.2, -0.15) is 0 Å². The molecule has 0 fully saturated rings. The highest BCUT2D eigenvalue weighted by atomic mass is 32.2. The lowest BCUT2D eigenvalue weighted by Gasteiger charge is -2.35. The fraction of sp³-hybridized carbons (Fsp3) is 0.333. The van der Waals surface area contributed by atoms with E-state index in [1.165, 1.54) is 17.3 Å². The van der Waals surface area contributed by atoms with E-state index < -0.39 is 5.72 Å². The van der Waals surface area contributed by atoms with E-state index >= 15 is 0 Å². The van der Waals surface area contributed by atoms with Gasteiger partial charge in [-0.25, -0.2) is 4.99 Å². The summed E-state index contributed by atoms with van der Waals surface area (Å²) < 4.78 is 5.38. The third-order valence-corrected chi connectivity index (χ3v) is 6.52. The molecule has 1 atom stereocenters. The van der Waals surface area contributed by atoms with Crippen LogP contribution in [0.3, 0.4) is 0 Å². The number of nitrogens with zero attached hydrogens (tertiary/aromatic N) is 1. The number of aliphatic imine (C=N–C) groups is 1. The highest BCUT2D eigenvalue weighted by Gasteiger charge is 2.29. The number of ether oxygens (including phenoxy) is 1. The van der Waals surface area contributed by atoms with Gasteiger partial charge < -0.3 is 15.2 Å². The lowest BCUT2D eigenvalue weighted by atomic mass is 9.85. The van der Waals surface area contributed by atoms with Gasteiger partial charge in [0.05, 0.1) is 7.11 Å². The molecule has 2 aliphatic rings. The van der Waals surface area contributed by atoms with Crippen LogP contribution in [0.25, 0.3) is 5.70 Å². The zero-order valence-corrected chi connectivity index (χ0v) is 18.5. The van der Waals surface area contributed by atoms with Gasteiger partial charge in [0.15, 0.2) is 11.5 Å². The minimum Gasteiger partial charge on any atom is -0.497 e. The molecule has 2 N–H and O–H groups in total. The van der Waals surface area contributed by atoms with Crippen molar-refractivity contribution in [1.82, 2.24) is 5.32 Å². The molecule has 0 aromatic heterocycles. The molecule has 0 radical (unpaired) electrons. The van der Waals surface area contributed by atoms with E-state index in [0.29, 0.717) is 11.3 Å². The maximum Gasteiger partial charge on any atom is 0.187 e. The number of benzene rings is 2. The Balaban J connectivity index is 1.63. The SMILES string of the molecule is COc1ccc2c(c1)/C(=C/C(=O)c1ccc(C3=NC(C)(O)CS3)cc1)NC(C)(C)C2. The molecule has 0 aliphatic carbocycles. The van der Waals surface area contributed by atoms with Gasteiger partial charge in [0.1, 0.15) is 10.8 Å². The second kappa shape index (κ2) is 7.60. The summed E-state index contributed by atoms with van der Waals surface area (Å²) in [7, 11) is 1.64. The van der Waals surface area contributed by atoms with Crippen LogP contribution < -0.4 is 10.1 Å². The highest BCUT2D eigenvalue weighted by Crippen LogP contribution is 2.33. The molecule has 2 heterocycles. The van der Waals surface area contributed by atoms with Crippen LogP contribution >= 0.6 is 11.8 Å². The van der Waals surface area contributed by atoms with Crippen LogP contribution in [0.1, 0.15) is 47.8 Å². The summed E-state index contributed by atoms with van der Waals surface area (Å²) in [5.41, 5.74) is 3.35. The van der Waals surface area contributed by atoms with E-state index in [9.17, 15) is 9.90 Å². The van der Waals surface area contributed by atoms with Crippen molar-refractivity contribution in [2.24, 2.45) is 4.99 Å². The lowest BCUT2D eigenvalue weighted by Crippen LogP contribution is -2.43. The standard InChI is InChI=1S/C24H26N2O3S/c1-23(2)13-17-9-10-18(29-4)11-19(17)20(25-23)12-21(27)15-5-7-16(8-6-15)22-26-24(3,28)14-30-22/h5-12,25,28H,13-14H2,1-4H3/b20-12-. The van der Waals surface area contributed by atoms with E-state index in [0.717, 1.165) is 34.0 Å². The Bertz CT molecular complexity index is 1050. The Labute approximate surface area is 181 Å². The first kappa shape index (κ1) is 20.7. The molecule has 2 aromatic rings. The summed E-state index contributed by atoms with van der Waals surface area (Å²) in [6.45, 7) is 5.95. The predicted octanol–water partition coefficient (Wildman–Crippen LogP) is 4.05. The van der Waals surface area contributed by atoms with Crippen LogP contribution in [0.15, 0.2) is 53.5 Å². The monoisotopic (exact) mass is 422 g/mol. The van der Waals surface area contributed by atoms with Crippen LogP contribution in [-0.2, 0) is 6.42 Å². The molecular weight excluding hydrogens is 396 g/mol. The number of allylic oxidation sites excluding steroid dienone is 1. The normalized spacial score (nSPS) is 23.5. The third kappa shape index (κ3) is 4.30. The molecule has 0 bridgehead atoms. The first-order valence-corrected chi connectivity index (χ1v) is 10.9. The summed E-state index contributed by atoms with van der Waals surface area (Å²) >= 11 is 1.52. The molecule has 0 saturated heterocycles. The molecular formula is C24H26N2O3S. The Kier molecular flexibility index (Phi) is 5.24. The van der Waals surface area contributed by atoms with E-state index in [-0.39, 0.29) is 11.3 Å². The van der Waals surface area contributed by atoms with Crippen LogP contribution in [0.4, 0.5) is 0 Å². The first-order valence-electron chi connectivity index (χ1n) is 9.93. The quantitative estimate of drug-likeness (QED) is 0.575. The van der Waals surface area contributed by atoms with E-state index in [1.807, 2.05) is 36.4 Å². The lowest BCUT2D eigenvalue weighted by molar-refractivity contribution is 0.0988. The second-order valence-electron chi connectivity index (χ2n) is 8.63. The van der Waals surface area contributed by atoms with Crippen LogP contribution in [0, 0.1) is 0 Å². The minimum atomic E-state index is -1.02. The molecule has 156 valence electrons. The number of nitrogens with one attached hydrogen (secondary N) is 1. The predicted molar refractivity (Wildman–Crippen MR) is 122 cm³/mol. The fourth-order valence-corrected chi connectivity index (χ4v) is 4.82. The summed E-state index contributed by atoms with van der Waals surface area (Å²) in [5, 5.41) is 14.3. The van der Waals surface area contributed by atoms with Crippen LogP contribution in [0.5, 0.6) is 5.75 Å². The number of hydrogen-bond donors (Lipinski definition) is 2. The van der Waals surface area contributed by atoms with E-state index in [4.69, 9.17) is 4.74 Å². The zero-order valence-electron chi connectivity index (χ0n) is 17.7. The largest absolute Gasteiger partial charge is 0.497 e. The number of thioether (sulfide) groups is 1. The summed E-state index contributed by atoms with van der Waals surface area (Å²) in [5.74, 6) is 1.24. The van der Waals surface area contributed by atoms with Crippen molar-refractivity contribution in [3.05, 3.63) is 70.8 Å². The van der Waals surface area contributed by atoms with Crippen molar-refractivity contribution in [1.29, 1.82) is 0 Å². The molecule has 30 heavy (non-hydrogen) atoms. The van der Waals surface area contributed by atoms with Crippen molar-refractivity contribution < 1.29 is 14.6 Å². The molecule has 0 saturated carbocycles. The molecule has 6 heteroatoms. The molecule has 0 amide bonds. The number of ketones is 1. The van der Waals surface area contributed by atoms with Gasteiger partial charge in [0, 0.05) is 39.8 Å². The molecule has 1 unspecified atom stereocenters. The Hall–Kier alpha value is -2.57. The maximum atomic E-state index is 13.0. The Morgan fingerprint density at radius 2 is 1.93 bits per heavy atom. The number of carbonyl (C=O) groups excluding carboxylic acids is 1. The fourth-order valence-electron chi connectivity index (χ4n) is 3.78. The smallest absolute Gasteiger partial charge is 0.187 e. The topological polar surface area (TPSA) is 70.9 Å². The number of hydrogen-bond acceptors (Lipinski definition) is 6. The van der Waals surface area contributed by atoms with Gasteiger partial charge in [-0.05, 0) is 44.9 Å². The first-order chi connectivity index (χ1) is 14.2. The third-order valence-electron chi connectivity index (χ3n) is 5.23. The molecule has 2 aromatic carbocycles. The van der Waals surface area contributed by atoms with Crippen molar-refractivity contribution in [2.75, 3.05) is 12.9 Å². The number of fused-ring (bicyclic) bond motifs is 1. The summed E-state index contributed by atoms with van der Waals surface area (Å²) in [6.07, 6.45) is 2.54. The number of aliphatic hydroxyl groups is 1. The molecule has 0 spiro atoms. The van der Waals surface area contributed by atoms with Crippen molar-refractivity contribution in [3.8, 4) is 5.75 Å². The van der Waals surface area contributed by atoms with Crippen molar-refractivity contribution >= 4 is 28.3 Å². The minimum absolute atomic E-state index is 0.0662. The zero-order chi connectivity index (χ0) is 21.5.